The number of likely N-dealkylation sites (tertiary alicyclic amines) is 1. The molecule has 0 N–H and O–H groups in total. The average Bonchev–Trinajstić information content (AvgIpc) is 3.09. The third-order valence-electron chi connectivity index (χ3n) is 6.74. The zero-order chi connectivity index (χ0) is 21.2. The molecule has 6 heteroatoms. The minimum atomic E-state index is 0.0881. The molecule has 1 unspecified atom stereocenters. The van der Waals surface area contributed by atoms with Crippen LogP contribution in [0.15, 0.2) is 53.3 Å². The van der Waals surface area contributed by atoms with Crippen LogP contribution in [0.5, 0.6) is 11.5 Å². The van der Waals surface area contributed by atoms with E-state index < -0.39 is 0 Å². The van der Waals surface area contributed by atoms with Crippen molar-refractivity contribution in [1.82, 2.24) is 14.0 Å². The monoisotopic (exact) mass is 421 g/mol. The molecule has 5 rings (SSSR count). The molecule has 0 radical (unpaired) electrons. The lowest BCUT2D eigenvalue weighted by Crippen LogP contribution is -2.44. The molecule has 0 amide bonds. The van der Waals surface area contributed by atoms with Gasteiger partial charge in [0.2, 0.25) is 0 Å². The van der Waals surface area contributed by atoms with Gasteiger partial charge in [-0.05, 0) is 69.5 Å². The van der Waals surface area contributed by atoms with E-state index in [1.807, 2.05) is 58.5 Å². The summed E-state index contributed by atoms with van der Waals surface area (Å²) in [6, 6.07) is 16.0. The fourth-order valence-electron chi connectivity index (χ4n) is 5.00. The Bertz CT molecular complexity index is 1090. The van der Waals surface area contributed by atoms with Crippen LogP contribution in [0.1, 0.15) is 26.2 Å². The first-order chi connectivity index (χ1) is 15.2. The maximum absolute atomic E-state index is 12.8. The van der Waals surface area contributed by atoms with Gasteiger partial charge in [0.05, 0.1) is 11.0 Å². The van der Waals surface area contributed by atoms with Crippen LogP contribution in [0.4, 0.5) is 0 Å². The molecule has 164 valence electrons. The Labute approximate surface area is 183 Å². The summed E-state index contributed by atoms with van der Waals surface area (Å²) in [5.41, 5.74) is 2.22. The molecule has 6 nitrogen and oxygen atoms in total. The summed E-state index contributed by atoms with van der Waals surface area (Å²) in [6.07, 6.45) is 3.49. The van der Waals surface area contributed by atoms with E-state index in [-0.39, 0.29) is 11.8 Å². The van der Waals surface area contributed by atoms with Gasteiger partial charge in [-0.2, -0.15) is 0 Å². The van der Waals surface area contributed by atoms with E-state index >= 15 is 0 Å². The smallest absolute Gasteiger partial charge is 0.329 e. The van der Waals surface area contributed by atoms with E-state index in [2.05, 4.69) is 11.0 Å². The molecule has 1 fully saturated rings. The SMILES string of the molecule is CCn1c(=O)n(CCC2CCN(CC3COc4ccccc4O3)CC2)c2ccccc21. The lowest BCUT2D eigenvalue weighted by Gasteiger charge is -2.35. The Kier molecular flexibility index (Phi) is 5.72. The molecule has 2 aliphatic rings. The van der Waals surface area contributed by atoms with Crippen LogP contribution in [0.3, 0.4) is 0 Å². The number of benzene rings is 2. The lowest BCUT2D eigenvalue weighted by molar-refractivity contribution is 0.0470. The van der Waals surface area contributed by atoms with Gasteiger partial charge in [-0.1, -0.05) is 24.3 Å². The molecule has 2 aliphatic heterocycles. The molecule has 0 bridgehead atoms. The van der Waals surface area contributed by atoms with Gasteiger partial charge >= 0.3 is 5.69 Å². The molecule has 0 spiro atoms. The molecule has 0 aliphatic carbocycles. The van der Waals surface area contributed by atoms with Crippen LogP contribution in [-0.2, 0) is 13.1 Å². The largest absolute Gasteiger partial charge is 0.486 e. The Morgan fingerprint density at radius 1 is 0.935 bits per heavy atom. The van der Waals surface area contributed by atoms with Gasteiger partial charge in [0.1, 0.15) is 12.7 Å². The number of fused-ring (bicyclic) bond motifs is 2. The van der Waals surface area contributed by atoms with Gasteiger partial charge in [0.25, 0.3) is 0 Å². The van der Waals surface area contributed by atoms with Crippen LogP contribution >= 0.6 is 0 Å². The fraction of sp³-hybridized carbons (Fsp3) is 0.480. The van der Waals surface area contributed by atoms with Gasteiger partial charge < -0.3 is 9.47 Å². The molecule has 3 heterocycles. The number of aromatic nitrogens is 2. The van der Waals surface area contributed by atoms with E-state index in [1.165, 1.54) is 12.8 Å². The zero-order valence-electron chi connectivity index (χ0n) is 18.2. The molecule has 31 heavy (non-hydrogen) atoms. The first kappa shape index (κ1) is 20.2. The minimum absolute atomic E-state index is 0.0881. The van der Waals surface area contributed by atoms with Gasteiger partial charge in [-0.3, -0.25) is 14.0 Å². The van der Waals surface area contributed by atoms with Crippen molar-refractivity contribution < 1.29 is 9.47 Å². The van der Waals surface area contributed by atoms with Crippen molar-refractivity contribution in [3.63, 3.8) is 0 Å². The highest BCUT2D eigenvalue weighted by molar-refractivity contribution is 5.75. The van der Waals surface area contributed by atoms with E-state index in [4.69, 9.17) is 9.47 Å². The highest BCUT2D eigenvalue weighted by Gasteiger charge is 2.26. The molecule has 1 saturated heterocycles. The summed E-state index contributed by atoms with van der Waals surface area (Å²) in [4.78, 5) is 15.3. The predicted molar refractivity (Wildman–Crippen MR) is 122 cm³/mol. The van der Waals surface area contributed by atoms with Gasteiger partial charge in [0.15, 0.2) is 11.5 Å². The Morgan fingerprint density at radius 2 is 1.61 bits per heavy atom. The van der Waals surface area contributed by atoms with Crippen molar-refractivity contribution in [2.75, 3.05) is 26.2 Å². The van der Waals surface area contributed by atoms with Gasteiger partial charge in [-0.15, -0.1) is 0 Å². The second-order valence-corrected chi connectivity index (χ2v) is 8.70. The summed E-state index contributed by atoms with van der Waals surface area (Å²) in [7, 11) is 0. The number of piperidine rings is 1. The molecular weight excluding hydrogens is 390 g/mol. The van der Waals surface area contributed by atoms with Crippen molar-refractivity contribution in [1.29, 1.82) is 0 Å². The number of imidazole rings is 1. The van der Waals surface area contributed by atoms with E-state index in [9.17, 15) is 4.79 Å². The quantitative estimate of drug-likeness (QED) is 0.608. The highest BCUT2D eigenvalue weighted by atomic mass is 16.6. The van der Waals surface area contributed by atoms with Crippen LogP contribution in [0, 0.1) is 5.92 Å². The number of nitrogens with zero attached hydrogens (tertiary/aromatic N) is 3. The number of hydrogen-bond acceptors (Lipinski definition) is 4. The normalized spacial score (nSPS) is 19.7. The summed E-state index contributed by atoms with van der Waals surface area (Å²) in [5, 5.41) is 0. The molecule has 0 saturated carbocycles. The molecule has 3 aromatic rings. The summed E-state index contributed by atoms with van der Waals surface area (Å²) < 4.78 is 15.8. The van der Waals surface area contributed by atoms with Crippen LogP contribution in [0.2, 0.25) is 0 Å². The third kappa shape index (κ3) is 4.09. The topological polar surface area (TPSA) is 48.6 Å². The third-order valence-corrected chi connectivity index (χ3v) is 6.74. The van der Waals surface area contributed by atoms with Crippen molar-refractivity contribution in [2.45, 2.75) is 45.4 Å². The highest BCUT2D eigenvalue weighted by Crippen LogP contribution is 2.31. The zero-order valence-corrected chi connectivity index (χ0v) is 18.2. The maximum Gasteiger partial charge on any atom is 0.329 e. The molecule has 1 aromatic heterocycles. The second kappa shape index (κ2) is 8.79. The summed E-state index contributed by atoms with van der Waals surface area (Å²) >= 11 is 0. The number of para-hydroxylation sites is 4. The van der Waals surface area contributed by atoms with Crippen LogP contribution in [-0.4, -0.2) is 46.4 Å². The maximum atomic E-state index is 12.8. The van der Waals surface area contributed by atoms with Crippen molar-refractivity contribution in [3.8, 4) is 11.5 Å². The average molecular weight is 422 g/mol. The predicted octanol–water partition coefficient (Wildman–Crippen LogP) is 3.77. The van der Waals surface area contributed by atoms with Crippen molar-refractivity contribution in [3.05, 3.63) is 59.0 Å². The van der Waals surface area contributed by atoms with Crippen LogP contribution in [0.25, 0.3) is 11.0 Å². The van der Waals surface area contributed by atoms with Gasteiger partial charge in [-0.25, -0.2) is 4.79 Å². The van der Waals surface area contributed by atoms with E-state index in [0.717, 1.165) is 55.1 Å². The van der Waals surface area contributed by atoms with Gasteiger partial charge in [0, 0.05) is 19.6 Å². The number of rotatable bonds is 6. The first-order valence-electron chi connectivity index (χ1n) is 11.5. The summed E-state index contributed by atoms with van der Waals surface area (Å²) in [5.74, 6) is 2.36. The Morgan fingerprint density at radius 3 is 2.35 bits per heavy atom. The van der Waals surface area contributed by atoms with E-state index in [0.29, 0.717) is 19.1 Å². The molecular formula is C25H31N3O3. The second-order valence-electron chi connectivity index (χ2n) is 8.70. The first-order valence-corrected chi connectivity index (χ1v) is 11.5. The van der Waals surface area contributed by atoms with E-state index in [1.54, 1.807) is 0 Å². The minimum Gasteiger partial charge on any atom is -0.486 e. The Hall–Kier alpha value is -2.73. The van der Waals surface area contributed by atoms with Crippen LogP contribution < -0.4 is 15.2 Å². The number of aryl methyl sites for hydroxylation is 2. The van der Waals surface area contributed by atoms with Crippen molar-refractivity contribution >= 4 is 11.0 Å². The summed E-state index contributed by atoms with van der Waals surface area (Å²) in [6.45, 7) is 7.23. The standard InChI is InChI=1S/C25H31N3O3/c1-2-27-21-7-3-4-8-22(21)28(25(27)29)16-13-19-11-14-26(15-12-19)17-20-18-30-23-9-5-6-10-24(23)31-20/h3-10,19-20H,2,11-18H2,1H3. The number of ether oxygens (including phenoxy) is 2. The Balaban J connectivity index is 1.14. The number of hydrogen-bond donors (Lipinski definition) is 0. The molecule has 2 aromatic carbocycles. The lowest BCUT2D eigenvalue weighted by atomic mass is 9.93. The fourth-order valence-corrected chi connectivity index (χ4v) is 5.00. The molecule has 1 atom stereocenters. The van der Waals surface area contributed by atoms with Crippen molar-refractivity contribution in [2.24, 2.45) is 5.92 Å².